The fraction of sp³-hybridized carbons (Fsp3) is 0.158. The molecule has 1 amide bonds. The van der Waals surface area contributed by atoms with E-state index in [9.17, 15) is 4.79 Å². The number of amides is 1. The normalized spacial score (nSPS) is 12.6. The Hall–Kier alpha value is -2.79. The second-order valence-corrected chi connectivity index (χ2v) is 6.34. The van der Waals surface area contributed by atoms with E-state index in [0.29, 0.717) is 34.3 Å². The quantitative estimate of drug-likeness (QED) is 0.773. The van der Waals surface area contributed by atoms with Crippen molar-refractivity contribution in [2.75, 3.05) is 11.9 Å². The van der Waals surface area contributed by atoms with Crippen LogP contribution in [0.3, 0.4) is 0 Å². The number of para-hydroxylation sites is 1. The highest BCUT2D eigenvalue weighted by Crippen LogP contribution is 2.37. The molecule has 0 radical (unpaired) electrons. The summed E-state index contributed by atoms with van der Waals surface area (Å²) < 4.78 is 7.33. The van der Waals surface area contributed by atoms with Gasteiger partial charge in [-0.2, -0.15) is 5.10 Å². The highest BCUT2D eigenvalue weighted by atomic mass is 35.5. The van der Waals surface area contributed by atoms with Crippen LogP contribution in [0, 0.1) is 6.92 Å². The third kappa shape index (κ3) is 2.98. The summed E-state index contributed by atoms with van der Waals surface area (Å²) in [7, 11) is 0. The molecule has 4 rings (SSSR count). The molecule has 2 aromatic carbocycles. The molecule has 1 aliphatic rings. The Morgan fingerprint density at radius 2 is 2.08 bits per heavy atom. The van der Waals surface area contributed by atoms with Crippen LogP contribution in [0.2, 0.25) is 5.02 Å². The molecule has 0 fully saturated rings. The smallest absolute Gasteiger partial charge is 0.259 e. The van der Waals surface area contributed by atoms with Crippen molar-refractivity contribution in [2.45, 2.75) is 13.3 Å². The first-order valence-corrected chi connectivity index (χ1v) is 8.38. The number of halogens is 1. The average molecular weight is 354 g/mol. The summed E-state index contributed by atoms with van der Waals surface area (Å²) in [4.78, 5) is 12.7. The maximum absolute atomic E-state index is 12.7. The number of carbonyl (C=O) groups is 1. The molecule has 0 saturated heterocycles. The Kier molecular flexibility index (Phi) is 3.93. The topological polar surface area (TPSA) is 56.2 Å². The zero-order valence-corrected chi connectivity index (χ0v) is 14.4. The number of anilines is 1. The van der Waals surface area contributed by atoms with Crippen LogP contribution in [0.1, 0.15) is 21.6 Å². The number of aromatic nitrogens is 2. The molecule has 25 heavy (non-hydrogen) atoms. The third-order valence-electron chi connectivity index (χ3n) is 4.16. The molecule has 5 nitrogen and oxygen atoms in total. The van der Waals surface area contributed by atoms with Crippen LogP contribution < -0.4 is 10.1 Å². The maximum Gasteiger partial charge on any atom is 0.259 e. The van der Waals surface area contributed by atoms with Crippen LogP contribution in [-0.2, 0) is 6.42 Å². The SMILES string of the molecule is Cc1nn(-c2ccccc2)cc1C(=O)Nc1cc(Cl)cc2c1OCC2. The molecule has 0 atom stereocenters. The van der Waals surface area contributed by atoms with Crippen molar-refractivity contribution in [3.05, 3.63) is 70.5 Å². The lowest BCUT2D eigenvalue weighted by atomic mass is 10.1. The highest BCUT2D eigenvalue weighted by molar-refractivity contribution is 6.31. The van der Waals surface area contributed by atoms with Gasteiger partial charge in [0, 0.05) is 23.2 Å². The van der Waals surface area contributed by atoms with Gasteiger partial charge >= 0.3 is 0 Å². The zero-order valence-electron chi connectivity index (χ0n) is 13.6. The van der Waals surface area contributed by atoms with E-state index in [1.165, 1.54) is 0 Å². The summed E-state index contributed by atoms with van der Waals surface area (Å²) >= 11 is 6.15. The second-order valence-electron chi connectivity index (χ2n) is 5.90. The summed E-state index contributed by atoms with van der Waals surface area (Å²) in [6.07, 6.45) is 2.52. The molecule has 0 unspecified atom stereocenters. The number of ether oxygens (including phenoxy) is 1. The summed E-state index contributed by atoms with van der Waals surface area (Å²) in [5, 5.41) is 7.92. The first-order chi connectivity index (χ1) is 12.1. The van der Waals surface area contributed by atoms with Crippen molar-refractivity contribution in [3.63, 3.8) is 0 Å². The molecule has 1 aromatic heterocycles. The minimum absolute atomic E-state index is 0.236. The molecule has 0 bridgehead atoms. The van der Waals surface area contributed by atoms with E-state index in [-0.39, 0.29) is 5.91 Å². The molecule has 2 heterocycles. The lowest BCUT2D eigenvalue weighted by molar-refractivity contribution is 0.102. The molecule has 0 spiro atoms. The molecule has 0 saturated carbocycles. The van der Waals surface area contributed by atoms with E-state index in [2.05, 4.69) is 10.4 Å². The number of fused-ring (bicyclic) bond motifs is 1. The lowest BCUT2D eigenvalue weighted by Gasteiger charge is -2.10. The van der Waals surface area contributed by atoms with E-state index in [1.54, 1.807) is 16.9 Å². The van der Waals surface area contributed by atoms with Crippen LogP contribution in [0.4, 0.5) is 5.69 Å². The first-order valence-electron chi connectivity index (χ1n) is 8.00. The second kappa shape index (κ2) is 6.26. The van der Waals surface area contributed by atoms with Gasteiger partial charge in [-0.15, -0.1) is 0 Å². The van der Waals surface area contributed by atoms with E-state index < -0.39 is 0 Å². The van der Waals surface area contributed by atoms with Gasteiger partial charge in [0.05, 0.1) is 29.2 Å². The highest BCUT2D eigenvalue weighted by Gasteiger charge is 2.21. The summed E-state index contributed by atoms with van der Waals surface area (Å²) in [5.41, 5.74) is 3.67. The number of nitrogens with zero attached hydrogens (tertiary/aromatic N) is 2. The number of carbonyl (C=O) groups excluding carboxylic acids is 1. The van der Waals surface area contributed by atoms with Gasteiger partial charge in [0.1, 0.15) is 5.75 Å². The van der Waals surface area contributed by atoms with Crippen molar-refractivity contribution in [2.24, 2.45) is 0 Å². The molecule has 1 aliphatic heterocycles. The van der Waals surface area contributed by atoms with Gasteiger partial charge in [0.2, 0.25) is 0 Å². The first kappa shape index (κ1) is 15.7. The van der Waals surface area contributed by atoms with Crippen molar-refractivity contribution in [3.8, 4) is 11.4 Å². The summed E-state index contributed by atoms with van der Waals surface area (Å²) in [5.74, 6) is 0.463. The summed E-state index contributed by atoms with van der Waals surface area (Å²) in [6.45, 7) is 2.41. The van der Waals surface area contributed by atoms with E-state index in [0.717, 1.165) is 17.7 Å². The van der Waals surface area contributed by atoms with Gasteiger partial charge < -0.3 is 10.1 Å². The Morgan fingerprint density at radius 3 is 2.88 bits per heavy atom. The number of benzene rings is 2. The van der Waals surface area contributed by atoms with Crippen LogP contribution in [0.25, 0.3) is 5.69 Å². The lowest BCUT2D eigenvalue weighted by Crippen LogP contribution is -2.13. The van der Waals surface area contributed by atoms with E-state index >= 15 is 0 Å². The number of hydrogen-bond acceptors (Lipinski definition) is 3. The number of rotatable bonds is 3. The largest absolute Gasteiger partial charge is 0.491 e. The maximum atomic E-state index is 12.7. The minimum atomic E-state index is -0.236. The Bertz CT molecular complexity index is 951. The predicted octanol–water partition coefficient (Wildman–Crippen LogP) is 4.02. The van der Waals surface area contributed by atoms with Crippen molar-refractivity contribution >= 4 is 23.2 Å². The number of aryl methyl sites for hydroxylation is 1. The Labute approximate surface area is 150 Å². The van der Waals surface area contributed by atoms with Crippen molar-refractivity contribution < 1.29 is 9.53 Å². The summed E-state index contributed by atoms with van der Waals surface area (Å²) in [6, 6.07) is 13.3. The van der Waals surface area contributed by atoms with Gasteiger partial charge in [-0.05, 0) is 31.2 Å². The van der Waals surface area contributed by atoms with Gasteiger partial charge in [-0.25, -0.2) is 4.68 Å². The van der Waals surface area contributed by atoms with E-state index in [4.69, 9.17) is 16.3 Å². The molecule has 1 N–H and O–H groups in total. The minimum Gasteiger partial charge on any atom is -0.491 e. The molecule has 3 aromatic rings. The molecular weight excluding hydrogens is 338 g/mol. The van der Waals surface area contributed by atoms with Crippen molar-refractivity contribution in [1.29, 1.82) is 0 Å². The van der Waals surface area contributed by atoms with Crippen LogP contribution in [0.5, 0.6) is 5.75 Å². The molecule has 126 valence electrons. The standard InChI is InChI=1S/C19H16ClN3O2/c1-12-16(11-23(22-12)15-5-3-2-4-6-15)19(24)21-17-10-14(20)9-13-7-8-25-18(13)17/h2-6,9-11H,7-8H2,1H3,(H,21,24). The Balaban J connectivity index is 1.64. The molecule has 6 heteroatoms. The number of hydrogen-bond donors (Lipinski definition) is 1. The monoisotopic (exact) mass is 353 g/mol. The molecular formula is C19H16ClN3O2. The van der Waals surface area contributed by atoms with Crippen LogP contribution >= 0.6 is 11.6 Å². The number of nitrogens with one attached hydrogen (secondary N) is 1. The van der Waals surface area contributed by atoms with E-state index in [1.807, 2.05) is 43.3 Å². The van der Waals surface area contributed by atoms with Crippen LogP contribution in [-0.4, -0.2) is 22.3 Å². The molecule has 0 aliphatic carbocycles. The fourth-order valence-corrected chi connectivity index (χ4v) is 3.19. The zero-order chi connectivity index (χ0) is 17.4. The van der Waals surface area contributed by atoms with Crippen LogP contribution in [0.15, 0.2) is 48.7 Å². The third-order valence-corrected chi connectivity index (χ3v) is 4.38. The van der Waals surface area contributed by atoms with Crippen molar-refractivity contribution in [1.82, 2.24) is 9.78 Å². The Morgan fingerprint density at radius 1 is 1.28 bits per heavy atom. The van der Waals surface area contributed by atoms with Gasteiger partial charge in [0.25, 0.3) is 5.91 Å². The van der Waals surface area contributed by atoms with Gasteiger partial charge in [-0.1, -0.05) is 29.8 Å². The predicted molar refractivity (Wildman–Crippen MR) is 96.9 cm³/mol. The van der Waals surface area contributed by atoms with Gasteiger partial charge in [-0.3, -0.25) is 4.79 Å². The van der Waals surface area contributed by atoms with Gasteiger partial charge in [0.15, 0.2) is 0 Å². The fourth-order valence-electron chi connectivity index (χ4n) is 2.95. The average Bonchev–Trinajstić information content (AvgIpc) is 3.22.